The summed E-state index contributed by atoms with van der Waals surface area (Å²) in [7, 11) is 0. The normalized spacial score (nSPS) is 23.2. The number of hydrogen-bond acceptors (Lipinski definition) is 3. The molecule has 0 heterocycles. The number of carbonyl (C=O) groups excluding carboxylic acids is 2. The van der Waals surface area contributed by atoms with Crippen LogP contribution in [-0.2, 0) is 9.59 Å². The minimum Gasteiger partial charge on any atom is -0.481 e. The lowest BCUT2D eigenvalue weighted by Crippen LogP contribution is -2.52. The van der Waals surface area contributed by atoms with Gasteiger partial charge in [-0.1, -0.05) is 6.42 Å². The lowest BCUT2D eigenvalue weighted by Gasteiger charge is -2.28. The lowest BCUT2D eigenvalue weighted by atomic mass is 9.86. The molecule has 3 amide bonds. The molecule has 3 atom stereocenters. The predicted octanol–water partition coefficient (Wildman–Crippen LogP) is 0.842. The third-order valence-corrected chi connectivity index (χ3v) is 3.53. The Kier molecular flexibility index (Phi) is 6.45. The van der Waals surface area contributed by atoms with E-state index in [1.54, 1.807) is 6.92 Å². The summed E-state index contributed by atoms with van der Waals surface area (Å²) in [6.07, 6.45) is 2.65. The zero-order valence-corrected chi connectivity index (χ0v) is 12.8. The molecule has 21 heavy (non-hydrogen) atoms. The highest BCUT2D eigenvalue weighted by atomic mass is 16.4. The summed E-state index contributed by atoms with van der Waals surface area (Å²) in [5.74, 6) is -1.45. The highest BCUT2D eigenvalue weighted by Gasteiger charge is 2.28. The standard InChI is InChI=1S/C14H25N3O4/c1-8(2)15-12(18)9(3)16-14(21)17-11-6-4-5-10(7-11)13(19)20/h8-11H,4-7H2,1-3H3,(H,15,18)(H,19,20)(H2,16,17,21). The van der Waals surface area contributed by atoms with Crippen molar-refractivity contribution in [3.63, 3.8) is 0 Å². The molecule has 120 valence electrons. The number of nitrogens with one attached hydrogen (secondary N) is 3. The first-order valence-corrected chi connectivity index (χ1v) is 7.39. The van der Waals surface area contributed by atoms with Crippen molar-refractivity contribution in [2.75, 3.05) is 0 Å². The number of aliphatic carboxylic acids is 1. The molecule has 1 fully saturated rings. The molecule has 1 aliphatic carbocycles. The number of urea groups is 1. The van der Waals surface area contributed by atoms with Crippen LogP contribution in [0.3, 0.4) is 0 Å². The maximum Gasteiger partial charge on any atom is 0.315 e. The van der Waals surface area contributed by atoms with Gasteiger partial charge in [0, 0.05) is 12.1 Å². The van der Waals surface area contributed by atoms with Gasteiger partial charge in [-0.05, 0) is 40.0 Å². The van der Waals surface area contributed by atoms with Gasteiger partial charge in [0.05, 0.1) is 5.92 Å². The Labute approximate surface area is 124 Å². The number of amides is 3. The molecule has 0 radical (unpaired) electrons. The number of carbonyl (C=O) groups is 3. The summed E-state index contributed by atoms with van der Waals surface area (Å²) in [5, 5.41) is 17.0. The van der Waals surface area contributed by atoms with E-state index in [-0.39, 0.29) is 18.0 Å². The van der Waals surface area contributed by atoms with Crippen LogP contribution < -0.4 is 16.0 Å². The third kappa shape index (κ3) is 6.01. The average Bonchev–Trinajstić information content (AvgIpc) is 2.37. The molecule has 0 aromatic heterocycles. The van der Waals surface area contributed by atoms with E-state index >= 15 is 0 Å². The van der Waals surface area contributed by atoms with Gasteiger partial charge in [0.2, 0.25) is 5.91 Å². The Morgan fingerprint density at radius 3 is 2.33 bits per heavy atom. The van der Waals surface area contributed by atoms with Crippen molar-refractivity contribution in [2.24, 2.45) is 5.92 Å². The molecule has 3 unspecified atom stereocenters. The van der Waals surface area contributed by atoms with E-state index in [0.29, 0.717) is 12.8 Å². The predicted molar refractivity (Wildman–Crippen MR) is 77.8 cm³/mol. The molecule has 7 nitrogen and oxygen atoms in total. The number of carboxylic acid groups (broad SMARTS) is 1. The van der Waals surface area contributed by atoms with Crippen molar-refractivity contribution in [2.45, 2.75) is 64.6 Å². The largest absolute Gasteiger partial charge is 0.481 e. The van der Waals surface area contributed by atoms with Gasteiger partial charge < -0.3 is 21.1 Å². The van der Waals surface area contributed by atoms with E-state index in [4.69, 9.17) is 5.11 Å². The number of carboxylic acids is 1. The van der Waals surface area contributed by atoms with Gasteiger partial charge >= 0.3 is 12.0 Å². The molecule has 0 aliphatic heterocycles. The quantitative estimate of drug-likeness (QED) is 0.603. The van der Waals surface area contributed by atoms with Gasteiger partial charge in [-0.2, -0.15) is 0 Å². The molecular formula is C14H25N3O4. The van der Waals surface area contributed by atoms with Crippen LogP contribution in [0.4, 0.5) is 4.79 Å². The first-order valence-electron chi connectivity index (χ1n) is 7.39. The average molecular weight is 299 g/mol. The Balaban J connectivity index is 2.39. The third-order valence-electron chi connectivity index (χ3n) is 3.53. The van der Waals surface area contributed by atoms with Gasteiger partial charge in [-0.15, -0.1) is 0 Å². The molecule has 4 N–H and O–H groups in total. The molecule has 0 spiro atoms. The van der Waals surface area contributed by atoms with Crippen LogP contribution in [0.2, 0.25) is 0 Å². The molecule has 1 rings (SSSR count). The maximum atomic E-state index is 11.8. The number of rotatable bonds is 5. The summed E-state index contributed by atoms with van der Waals surface area (Å²) in [4.78, 5) is 34.5. The molecule has 0 saturated heterocycles. The summed E-state index contributed by atoms with van der Waals surface area (Å²) in [6.45, 7) is 5.30. The first-order chi connectivity index (χ1) is 9.79. The first kappa shape index (κ1) is 17.3. The minimum absolute atomic E-state index is 0.0134. The molecule has 1 aliphatic rings. The second kappa shape index (κ2) is 7.85. The van der Waals surface area contributed by atoms with Gasteiger partial charge in [-0.3, -0.25) is 9.59 Å². The molecule has 0 aromatic carbocycles. The lowest BCUT2D eigenvalue weighted by molar-refractivity contribution is -0.143. The van der Waals surface area contributed by atoms with Crippen LogP contribution in [0.1, 0.15) is 46.5 Å². The summed E-state index contributed by atoms with van der Waals surface area (Å²) >= 11 is 0. The second-order valence-corrected chi connectivity index (χ2v) is 5.90. The topological polar surface area (TPSA) is 108 Å². The highest BCUT2D eigenvalue weighted by Crippen LogP contribution is 2.24. The van der Waals surface area contributed by atoms with Crippen LogP contribution >= 0.6 is 0 Å². The van der Waals surface area contributed by atoms with Gasteiger partial charge in [0.15, 0.2) is 0 Å². The second-order valence-electron chi connectivity index (χ2n) is 5.90. The van der Waals surface area contributed by atoms with E-state index < -0.39 is 24.0 Å². The Morgan fingerprint density at radius 1 is 1.10 bits per heavy atom. The molecule has 0 aromatic rings. The maximum absolute atomic E-state index is 11.8. The van der Waals surface area contributed by atoms with Crippen LogP contribution in [0, 0.1) is 5.92 Å². The molecule has 0 bridgehead atoms. The summed E-state index contributed by atoms with van der Waals surface area (Å²) in [6, 6.07) is -1.21. The van der Waals surface area contributed by atoms with Crippen molar-refractivity contribution in [3.8, 4) is 0 Å². The monoisotopic (exact) mass is 299 g/mol. The fourth-order valence-electron chi connectivity index (χ4n) is 2.44. The van der Waals surface area contributed by atoms with Crippen LogP contribution in [0.15, 0.2) is 0 Å². The fraction of sp³-hybridized carbons (Fsp3) is 0.786. The van der Waals surface area contributed by atoms with E-state index in [0.717, 1.165) is 12.8 Å². The van der Waals surface area contributed by atoms with E-state index in [1.165, 1.54) is 0 Å². The number of hydrogen-bond donors (Lipinski definition) is 4. The highest BCUT2D eigenvalue weighted by molar-refractivity contribution is 5.86. The van der Waals surface area contributed by atoms with Gasteiger partial charge in [-0.25, -0.2) is 4.79 Å². The van der Waals surface area contributed by atoms with Crippen molar-refractivity contribution in [1.29, 1.82) is 0 Å². The van der Waals surface area contributed by atoms with E-state index in [1.807, 2.05) is 13.8 Å². The molecule has 7 heteroatoms. The SMILES string of the molecule is CC(C)NC(=O)C(C)NC(=O)NC1CCCC(C(=O)O)C1. The zero-order valence-electron chi connectivity index (χ0n) is 12.8. The van der Waals surface area contributed by atoms with E-state index in [2.05, 4.69) is 16.0 Å². The fourth-order valence-corrected chi connectivity index (χ4v) is 2.44. The smallest absolute Gasteiger partial charge is 0.315 e. The van der Waals surface area contributed by atoms with E-state index in [9.17, 15) is 14.4 Å². The van der Waals surface area contributed by atoms with Crippen molar-refractivity contribution >= 4 is 17.9 Å². The molecular weight excluding hydrogens is 274 g/mol. The van der Waals surface area contributed by atoms with Crippen LogP contribution in [0.5, 0.6) is 0 Å². The summed E-state index contributed by atoms with van der Waals surface area (Å²) in [5.41, 5.74) is 0. The molecule has 1 saturated carbocycles. The Morgan fingerprint density at radius 2 is 1.76 bits per heavy atom. The van der Waals surface area contributed by atoms with Crippen molar-refractivity contribution < 1.29 is 19.5 Å². The minimum atomic E-state index is -0.813. The summed E-state index contributed by atoms with van der Waals surface area (Å²) < 4.78 is 0. The van der Waals surface area contributed by atoms with Gasteiger partial charge in [0.1, 0.15) is 6.04 Å². The Bertz CT molecular complexity index is 398. The van der Waals surface area contributed by atoms with Crippen LogP contribution in [0.25, 0.3) is 0 Å². The Hall–Kier alpha value is -1.79. The van der Waals surface area contributed by atoms with Crippen molar-refractivity contribution in [3.05, 3.63) is 0 Å². The van der Waals surface area contributed by atoms with Crippen molar-refractivity contribution in [1.82, 2.24) is 16.0 Å². The van der Waals surface area contributed by atoms with Gasteiger partial charge in [0.25, 0.3) is 0 Å². The zero-order chi connectivity index (χ0) is 16.0. The van der Waals surface area contributed by atoms with Crippen LogP contribution in [-0.4, -0.2) is 41.1 Å².